The van der Waals surface area contributed by atoms with Gasteiger partial charge in [-0.15, -0.1) is 0 Å². The third kappa shape index (κ3) is 3.83. The van der Waals surface area contributed by atoms with Gasteiger partial charge in [0.25, 0.3) is 5.91 Å². The molecular formula is C23H25N3O4. The molecule has 30 heavy (non-hydrogen) atoms. The van der Waals surface area contributed by atoms with Gasteiger partial charge in [-0.25, -0.2) is 0 Å². The minimum Gasteiger partial charge on any atom is -0.486 e. The van der Waals surface area contributed by atoms with Crippen LogP contribution < -0.4 is 14.8 Å². The molecule has 0 saturated heterocycles. The normalized spacial score (nSPS) is 12.6. The number of aromatic nitrogens is 1. The number of anilines is 1. The van der Waals surface area contributed by atoms with Crippen molar-refractivity contribution >= 4 is 28.4 Å². The van der Waals surface area contributed by atoms with Gasteiger partial charge >= 0.3 is 0 Å². The number of aromatic amines is 1. The van der Waals surface area contributed by atoms with Gasteiger partial charge in [0.2, 0.25) is 5.91 Å². The van der Waals surface area contributed by atoms with E-state index >= 15 is 0 Å². The van der Waals surface area contributed by atoms with Crippen LogP contribution in [0.1, 0.15) is 28.5 Å². The van der Waals surface area contributed by atoms with E-state index in [1.165, 1.54) is 4.90 Å². The van der Waals surface area contributed by atoms with Crippen molar-refractivity contribution in [2.45, 2.75) is 20.8 Å². The number of hydrogen-bond acceptors (Lipinski definition) is 4. The molecule has 0 fully saturated rings. The Balaban J connectivity index is 1.46. The van der Waals surface area contributed by atoms with Crippen LogP contribution >= 0.6 is 0 Å². The van der Waals surface area contributed by atoms with Crippen LogP contribution in [0, 0.1) is 13.8 Å². The minimum atomic E-state index is -0.267. The highest BCUT2D eigenvalue weighted by Gasteiger charge is 2.19. The summed E-state index contributed by atoms with van der Waals surface area (Å²) in [6, 6.07) is 10.8. The number of nitrogens with one attached hydrogen (secondary N) is 2. The average Bonchev–Trinajstić information content (AvgIpc) is 3.04. The number of hydrogen-bond donors (Lipinski definition) is 2. The van der Waals surface area contributed by atoms with Crippen LogP contribution in [-0.4, -0.2) is 48.0 Å². The Bertz CT molecular complexity index is 1120. The van der Waals surface area contributed by atoms with Crippen molar-refractivity contribution < 1.29 is 19.1 Å². The summed E-state index contributed by atoms with van der Waals surface area (Å²) in [6.07, 6.45) is 0. The van der Waals surface area contributed by atoms with Crippen LogP contribution in [0.25, 0.3) is 10.9 Å². The molecule has 0 unspecified atom stereocenters. The van der Waals surface area contributed by atoms with Gasteiger partial charge < -0.3 is 24.7 Å². The molecule has 1 aliphatic rings. The Morgan fingerprint density at radius 1 is 1.07 bits per heavy atom. The first-order valence-corrected chi connectivity index (χ1v) is 10.0. The van der Waals surface area contributed by atoms with Crippen LogP contribution in [0.15, 0.2) is 36.4 Å². The highest BCUT2D eigenvalue weighted by Crippen LogP contribution is 2.32. The van der Waals surface area contributed by atoms with Gasteiger partial charge in [0.1, 0.15) is 19.8 Å². The smallest absolute Gasteiger partial charge is 0.254 e. The van der Waals surface area contributed by atoms with Crippen LogP contribution in [0.4, 0.5) is 5.69 Å². The number of H-pyrrole nitrogens is 1. The van der Waals surface area contributed by atoms with Crippen LogP contribution in [0.3, 0.4) is 0 Å². The maximum absolute atomic E-state index is 13.0. The quantitative estimate of drug-likeness (QED) is 0.676. The molecular weight excluding hydrogens is 382 g/mol. The lowest BCUT2D eigenvalue weighted by molar-refractivity contribution is -0.116. The van der Waals surface area contributed by atoms with Crippen LogP contribution in [-0.2, 0) is 4.79 Å². The number of rotatable bonds is 5. The molecule has 3 aromatic rings. The van der Waals surface area contributed by atoms with Crippen LogP contribution in [0.5, 0.6) is 11.5 Å². The molecule has 156 valence electrons. The monoisotopic (exact) mass is 407 g/mol. The molecule has 1 aliphatic heterocycles. The summed E-state index contributed by atoms with van der Waals surface area (Å²) in [4.78, 5) is 30.4. The first-order chi connectivity index (χ1) is 14.5. The molecule has 2 aromatic carbocycles. The third-order valence-corrected chi connectivity index (χ3v) is 5.38. The van der Waals surface area contributed by atoms with Crippen molar-refractivity contribution in [3.05, 3.63) is 53.2 Å². The summed E-state index contributed by atoms with van der Waals surface area (Å²) >= 11 is 0. The molecule has 2 heterocycles. The first-order valence-electron chi connectivity index (χ1n) is 10.0. The van der Waals surface area contributed by atoms with Crippen molar-refractivity contribution in [1.82, 2.24) is 9.88 Å². The highest BCUT2D eigenvalue weighted by molar-refractivity contribution is 6.02. The van der Waals surface area contributed by atoms with Crippen LogP contribution in [0.2, 0.25) is 0 Å². The Hall–Kier alpha value is -3.48. The molecule has 0 radical (unpaired) electrons. The Morgan fingerprint density at radius 2 is 1.83 bits per heavy atom. The first kappa shape index (κ1) is 19.8. The fourth-order valence-electron chi connectivity index (χ4n) is 3.60. The van der Waals surface area contributed by atoms with E-state index in [-0.39, 0.29) is 18.4 Å². The summed E-state index contributed by atoms with van der Waals surface area (Å²) in [5.74, 6) is 0.829. The van der Waals surface area contributed by atoms with Gasteiger partial charge in [-0.3, -0.25) is 9.59 Å². The Labute approximate surface area is 175 Å². The van der Waals surface area contributed by atoms with Crippen molar-refractivity contribution in [2.75, 3.05) is 31.6 Å². The van der Waals surface area contributed by atoms with E-state index in [0.29, 0.717) is 42.5 Å². The molecule has 0 bridgehead atoms. The van der Waals surface area contributed by atoms with Crippen molar-refractivity contribution in [2.24, 2.45) is 0 Å². The predicted molar refractivity (Wildman–Crippen MR) is 115 cm³/mol. The fraction of sp³-hybridized carbons (Fsp3) is 0.304. The second kappa shape index (κ2) is 8.10. The standard InChI is InChI=1S/C23H25N3O4/c1-4-26(23(28)16-5-7-19-18(11-16)14(2)15(3)24-19)13-22(27)25-17-6-8-20-21(12-17)30-10-9-29-20/h5-8,11-12,24H,4,9-10,13H2,1-3H3,(H,25,27). The number of likely N-dealkylation sites (N-methyl/N-ethyl adjacent to an activating group) is 1. The number of nitrogens with zero attached hydrogens (tertiary/aromatic N) is 1. The lowest BCUT2D eigenvalue weighted by atomic mass is 10.1. The molecule has 0 spiro atoms. The molecule has 2 N–H and O–H groups in total. The summed E-state index contributed by atoms with van der Waals surface area (Å²) < 4.78 is 11.0. The molecule has 1 aromatic heterocycles. The number of amides is 2. The molecule has 4 rings (SSSR count). The zero-order valence-electron chi connectivity index (χ0n) is 17.4. The van der Waals surface area contributed by atoms with E-state index in [4.69, 9.17) is 9.47 Å². The second-order valence-corrected chi connectivity index (χ2v) is 7.36. The summed E-state index contributed by atoms with van der Waals surface area (Å²) in [6.45, 7) is 7.29. The molecule has 2 amide bonds. The largest absolute Gasteiger partial charge is 0.486 e. The minimum absolute atomic E-state index is 0.0348. The fourth-order valence-corrected chi connectivity index (χ4v) is 3.60. The third-order valence-electron chi connectivity index (χ3n) is 5.38. The number of carbonyl (C=O) groups is 2. The Morgan fingerprint density at radius 3 is 2.60 bits per heavy atom. The molecule has 0 saturated carbocycles. The number of aryl methyl sites for hydroxylation is 2. The van der Waals surface area contributed by atoms with Gasteiger partial charge in [0.15, 0.2) is 11.5 Å². The predicted octanol–water partition coefficient (Wildman–Crippen LogP) is 3.66. The SMILES string of the molecule is CCN(CC(=O)Nc1ccc2c(c1)OCCO2)C(=O)c1ccc2[nH]c(C)c(C)c2c1. The maximum Gasteiger partial charge on any atom is 0.254 e. The van der Waals surface area contributed by atoms with Crippen molar-refractivity contribution in [1.29, 1.82) is 0 Å². The van der Waals surface area contributed by atoms with E-state index in [1.54, 1.807) is 24.3 Å². The number of benzene rings is 2. The van der Waals surface area contributed by atoms with Crippen molar-refractivity contribution in [3.63, 3.8) is 0 Å². The number of fused-ring (bicyclic) bond motifs is 2. The number of carbonyl (C=O) groups excluding carboxylic acids is 2. The van der Waals surface area contributed by atoms with E-state index in [0.717, 1.165) is 22.2 Å². The van der Waals surface area contributed by atoms with E-state index in [9.17, 15) is 9.59 Å². The molecule has 7 nitrogen and oxygen atoms in total. The van der Waals surface area contributed by atoms with Gasteiger partial charge in [-0.05, 0) is 56.7 Å². The zero-order valence-corrected chi connectivity index (χ0v) is 17.4. The average molecular weight is 407 g/mol. The number of ether oxygens (including phenoxy) is 2. The second-order valence-electron chi connectivity index (χ2n) is 7.36. The summed E-state index contributed by atoms with van der Waals surface area (Å²) in [5, 5.41) is 3.86. The maximum atomic E-state index is 13.0. The van der Waals surface area contributed by atoms with Gasteiger partial charge in [-0.2, -0.15) is 0 Å². The van der Waals surface area contributed by atoms with Crippen molar-refractivity contribution in [3.8, 4) is 11.5 Å². The molecule has 0 aliphatic carbocycles. The lowest BCUT2D eigenvalue weighted by Crippen LogP contribution is -2.37. The highest BCUT2D eigenvalue weighted by atomic mass is 16.6. The van der Waals surface area contributed by atoms with E-state index in [1.807, 2.05) is 32.9 Å². The van der Waals surface area contributed by atoms with Gasteiger partial charge in [0, 0.05) is 40.5 Å². The summed E-state index contributed by atoms with van der Waals surface area (Å²) in [7, 11) is 0. The summed E-state index contributed by atoms with van der Waals surface area (Å²) in [5.41, 5.74) is 4.38. The Kier molecular flexibility index (Phi) is 5.35. The van der Waals surface area contributed by atoms with E-state index < -0.39 is 0 Å². The van der Waals surface area contributed by atoms with Gasteiger partial charge in [0.05, 0.1) is 0 Å². The topological polar surface area (TPSA) is 83.7 Å². The molecule has 0 atom stereocenters. The lowest BCUT2D eigenvalue weighted by Gasteiger charge is -2.21. The van der Waals surface area contributed by atoms with Gasteiger partial charge in [-0.1, -0.05) is 0 Å². The molecule has 7 heteroatoms. The van der Waals surface area contributed by atoms with E-state index in [2.05, 4.69) is 10.3 Å². The zero-order chi connectivity index (χ0) is 21.3.